The molecule has 68 valence electrons. The molecule has 2 aliphatic rings. The molecule has 1 heterocycles. The molecule has 1 aliphatic heterocycles. The van der Waals surface area contributed by atoms with E-state index in [-0.39, 0.29) is 11.5 Å². The largest absolute Gasteiger partial charge is 0.378 e. The summed E-state index contributed by atoms with van der Waals surface area (Å²) < 4.78 is 5.55. The van der Waals surface area contributed by atoms with E-state index < -0.39 is 0 Å². The number of hydrogen-bond acceptors (Lipinski definition) is 2. The third kappa shape index (κ3) is 0.939. The Bertz CT molecular complexity index is 212. The lowest BCUT2D eigenvalue weighted by atomic mass is 9.73. The van der Waals surface area contributed by atoms with E-state index >= 15 is 0 Å². The van der Waals surface area contributed by atoms with Crippen molar-refractivity contribution in [1.82, 2.24) is 0 Å². The lowest BCUT2D eigenvalue weighted by molar-refractivity contribution is -0.136. The van der Waals surface area contributed by atoms with Gasteiger partial charge in [0.05, 0.1) is 6.10 Å². The Morgan fingerprint density at radius 3 is 3.00 bits per heavy atom. The van der Waals surface area contributed by atoms with Crippen LogP contribution in [0.2, 0.25) is 0 Å². The van der Waals surface area contributed by atoms with E-state index in [1.165, 1.54) is 0 Å². The van der Waals surface area contributed by atoms with Crippen LogP contribution in [0.3, 0.4) is 0 Å². The van der Waals surface area contributed by atoms with Crippen molar-refractivity contribution in [2.24, 2.45) is 11.3 Å². The highest BCUT2D eigenvalue weighted by Gasteiger charge is 2.50. The molecule has 3 atom stereocenters. The van der Waals surface area contributed by atoms with Gasteiger partial charge in [0.1, 0.15) is 5.78 Å². The van der Waals surface area contributed by atoms with Crippen molar-refractivity contribution >= 4 is 5.78 Å². The fraction of sp³-hybridized carbons (Fsp3) is 0.900. The Balaban J connectivity index is 2.26. The Kier molecular flexibility index (Phi) is 1.76. The van der Waals surface area contributed by atoms with Crippen molar-refractivity contribution < 1.29 is 9.53 Å². The minimum Gasteiger partial charge on any atom is -0.378 e. The summed E-state index contributed by atoms with van der Waals surface area (Å²) >= 11 is 0. The first-order valence-electron chi connectivity index (χ1n) is 4.79. The average Bonchev–Trinajstić information content (AvgIpc) is 2.30. The van der Waals surface area contributed by atoms with Gasteiger partial charge in [-0.05, 0) is 25.7 Å². The van der Waals surface area contributed by atoms with E-state index in [4.69, 9.17) is 4.74 Å². The zero-order valence-corrected chi connectivity index (χ0v) is 7.80. The fourth-order valence-electron chi connectivity index (χ4n) is 2.75. The van der Waals surface area contributed by atoms with Crippen LogP contribution in [-0.2, 0) is 9.53 Å². The molecule has 2 rings (SSSR count). The zero-order chi connectivity index (χ0) is 8.77. The number of ketones is 1. The predicted octanol–water partition coefficient (Wildman–Crippen LogP) is 1.78. The third-order valence-electron chi connectivity index (χ3n) is 3.71. The van der Waals surface area contributed by atoms with E-state index in [1.54, 1.807) is 0 Å². The highest BCUT2D eigenvalue weighted by Crippen LogP contribution is 2.47. The minimum absolute atomic E-state index is 0.0440. The SMILES string of the molecule is C[C@@H]1OCC[C@]2(C)C(=O)CC[C@@H]12. The predicted molar refractivity (Wildman–Crippen MR) is 45.9 cm³/mol. The molecular weight excluding hydrogens is 152 g/mol. The van der Waals surface area contributed by atoms with Crippen LogP contribution in [0.4, 0.5) is 0 Å². The second kappa shape index (κ2) is 2.56. The average molecular weight is 168 g/mol. The van der Waals surface area contributed by atoms with Gasteiger partial charge in [-0.3, -0.25) is 4.79 Å². The van der Waals surface area contributed by atoms with Gasteiger partial charge in [-0.1, -0.05) is 6.92 Å². The quantitative estimate of drug-likeness (QED) is 0.551. The molecule has 0 bridgehead atoms. The van der Waals surface area contributed by atoms with E-state index in [0.29, 0.717) is 11.7 Å². The summed E-state index contributed by atoms with van der Waals surface area (Å²) in [6.07, 6.45) is 3.03. The molecule has 0 unspecified atom stereocenters. The highest BCUT2D eigenvalue weighted by atomic mass is 16.5. The van der Waals surface area contributed by atoms with Crippen molar-refractivity contribution in [3.63, 3.8) is 0 Å². The molecule has 0 N–H and O–H groups in total. The van der Waals surface area contributed by atoms with Gasteiger partial charge in [0.2, 0.25) is 0 Å². The van der Waals surface area contributed by atoms with Gasteiger partial charge in [0, 0.05) is 18.4 Å². The summed E-state index contributed by atoms with van der Waals surface area (Å²) in [5.74, 6) is 0.946. The standard InChI is InChI=1S/C10H16O2/c1-7-8-3-4-9(11)10(8,2)5-6-12-7/h7-8H,3-6H2,1-2H3/t7-,8-,10-/m0/s1. The number of Topliss-reactive ketones (excluding diaryl/α,β-unsaturated/α-hetero) is 1. The summed E-state index contributed by atoms with van der Waals surface area (Å²) in [5, 5.41) is 0. The Morgan fingerprint density at radius 1 is 1.58 bits per heavy atom. The fourth-order valence-corrected chi connectivity index (χ4v) is 2.75. The van der Waals surface area contributed by atoms with Gasteiger partial charge in [-0.15, -0.1) is 0 Å². The Morgan fingerprint density at radius 2 is 2.33 bits per heavy atom. The maximum atomic E-state index is 11.6. The van der Waals surface area contributed by atoms with E-state index in [9.17, 15) is 4.79 Å². The maximum absolute atomic E-state index is 11.6. The summed E-state index contributed by atoms with van der Waals surface area (Å²) in [6, 6.07) is 0. The molecule has 1 saturated heterocycles. The Hall–Kier alpha value is -0.370. The monoisotopic (exact) mass is 168 g/mol. The molecule has 0 radical (unpaired) electrons. The second-order valence-corrected chi connectivity index (χ2v) is 4.31. The number of rotatable bonds is 0. The molecule has 0 spiro atoms. The Labute approximate surface area is 73.3 Å². The molecule has 2 nitrogen and oxygen atoms in total. The van der Waals surface area contributed by atoms with Gasteiger partial charge in [0.15, 0.2) is 0 Å². The molecule has 1 saturated carbocycles. The van der Waals surface area contributed by atoms with Crippen LogP contribution in [0.1, 0.15) is 33.1 Å². The van der Waals surface area contributed by atoms with Gasteiger partial charge < -0.3 is 4.74 Å². The number of carbonyl (C=O) groups is 1. The summed E-state index contributed by atoms with van der Waals surface area (Å²) in [4.78, 5) is 11.6. The van der Waals surface area contributed by atoms with Gasteiger partial charge in [-0.25, -0.2) is 0 Å². The number of ether oxygens (including phenoxy) is 1. The van der Waals surface area contributed by atoms with Crippen LogP contribution in [0.25, 0.3) is 0 Å². The van der Waals surface area contributed by atoms with Crippen LogP contribution in [0.15, 0.2) is 0 Å². The molecule has 0 aromatic rings. The first kappa shape index (κ1) is 8.24. The van der Waals surface area contributed by atoms with Gasteiger partial charge in [-0.2, -0.15) is 0 Å². The van der Waals surface area contributed by atoms with Crippen LogP contribution in [0, 0.1) is 11.3 Å². The topological polar surface area (TPSA) is 26.3 Å². The van der Waals surface area contributed by atoms with Crippen molar-refractivity contribution in [3.05, 3.63) is 0 Å². The van der Waals surface area contributed by atoms with E-state index in [0.717, 1.165) is 25.9 Å². The number of hydrogen-bond donors (Lipinski definition) is 0. The summed E-state index contributed by atoms with van der Waals surface area (Å²) in [6.45, 7) is 4.98. The van der Waals surface area contributed by atoms with Crippen molar-refractivity contribution in [1.29, 1.82) is 0 Å². The first-order valence-corrected chi connectivity index (χ1v) is 4.79. The molecule has 0 aromatic carbocycles. The number of fused-ring (bicyclic) bond motifs is 1. The van der Waals surface area contributed by atoms with Crippen molar-refractivity contribution in [3.8, 4) is 0 Å². The summed E-state index contributed by atoms with van der Waals surface area (Å²) in [5.41, 5.74) is -0.0440. The molecule has 2 heteroatoms. The van der Waals surface area contributed by atoms with Gasteiger partial charge in [0.25, 0.3) is 0 Å². The lowest BCUT2D eigenvalue weighted by Gasteiger charge is -2.38. The van der Waals surface area contributed by atoms with Crippen LogP contribution in [0.5, 0.6) is 0 Å². The maximum Gasteiger partial charge on any atom is 0.139 e. The molecular formula is C10H16O2. The van der Waals surface area contributed by atoms with E-state index in [2.05, 4.69) is 13.8 Å². The van der Waals surface area contributed by atoms with Crippen LogP contribution >= 0.6 is 0 Å². The second-order valence-electron chi connectivity index (χ2n) is 4.31. The normalized spacial score (nSPS) is 47.7. The van der Waals surface area contributed by atoms with Crippen LogP contribution in [-0.4, -0.2) is 18.5 Å². The molecule has 0 aromatic heterocycles. The summed E-state index contributed by atoms with van der Waals surface area (Å²) in [7, 11) is 0. The van der Waals surface area contributed by atoms with E-state index in [1.807, 2.05) is 0 Å². The molecule has 2 fully saturated rings. The van der Waals surface area contributed by atoms with Crippen molar-refractivity contribution in [2.75, 3.05) is 6.61 Å². The zero-order valence-electron chi connectivity index (χ0n) is 7.80. The lowest BCUT2D eigenvalue weighted by Crippen LogP contribution is -2.41. The molecule has 1 aliphatic carbocycles. The minimum atomic E-state index is -0.0440. The van der Waals surface area contributed by atoms with Crippen LogP contribution < -0.4 is 0 Å². The van der Waals surface area contributed by atoms with Crippen molar-refractivity contribution in [2.45, 2.75) is 39.2 Å². The highest BCUT2D eigenvalue weighted by molar-refractivity contribution is 5.87. The smallest absolute Gasteiger partial charge is 0.139 e. The van der Waals surface area contributed by atoms with Gasteiger partial charge >= 0.3 is 0 Å². The number of carbonyl (C=O) groups excluding carboxylic acids is 1. The molecule has 12 heavy (non-hydrogen) atoms. The third-order valence-corrected chi connectivity index (χ3v) is 3.71. The molecule has 0 amide bonds. The first-order chi connectivity index (χ1) is 5.64.